The molecule has 104 valence electrons. The Hall–Kier alpha value is -1.42. The highest BCUT2D eigenvalue weighted by atomic mass is 16.5. The number of rotatable bonds is 5. The van der Waals surface area contributed by atoms with Crippen molar-refractivity contribution in [2.75, 3.05) is 19.8 Å². The first-order chi connectivity index (χ1) is 9.25. The van der Waals surface area contributed by atoms with Gasteiger partial charge < -0.3 is 10.1 Å². The fraction of sp³-hybridized carbons (Fsp3) is 0.600. The Morgan fingerprint density at radius 1 is 1.58 bits per heavy atom. The maximum absolute atomic E-state index is 11.8. The van der Waals surface area contributed by atoms with Crippen molar-refractivity contribution < 1.29 is 9.53 Å². The smallest absolute Gasteiger partial charge is 0.226 e. The molecule has 0 aliphatic carbocycles. The Labute approximate surface area is 114 Å². The van der Waals surface area contributed by atoms with E-state index in [2.05, 4.69) is 10.3 Å². The van der Waals surface area contributed by atoms with Gasteiger partial charge in [-0.2, -0.15) is 0 Å². The summed E-state index contributed by atoms with van der Waals surface area (Å²) in [5.41, 5.74) is 1.93. The van der Waals surface area contributed by atoms with Gasteiger partial charge in [0.1, 0.15) is 0 Å². The predicted octanol–water partition coefficient (Wildman–Crippen LogP) is 1.87. The average Bonchev–Trinajstić information content (AvgIpc) is 2.43. The van der Waals surface area contributed by atoms with Gasteiger partial charge in [-0.25, -0.2) is 0 Å². The average molecular weight is 262 g/mol. The zero-order chi connectivity index (χ0) is 13.5. The first kappa shape index (κ1) is 14.0. The van der Waals surface area contributed by atoms with Crippen molar-refractivity contribution in [3.63, 3.8) is 0 Å². The van der Waals surface area contributed by atoms with E-state index in [9.17, 15) is 4.79 Å². The molecule has 1 saturated heterocycles. The molecule has 0 bridgehead atoms. The van der Waals surface area contributed by atoms with Gasteiger partial charge in [0, 0.05) is 26.0 Å². The molecule has 0 radical (unpaired) electrons. The zero-order valence-electron chi connectivity index (χ0n) is 11.5. The summed E-state index contributed by atoms with van der Waals surface area (Å²) in [6.07, 6.45) is 5.47. The first-order valence-electron chi connectivity index (χ1n) is 7.00. The molecule has 1 N–H and O–H groups in total. The second-order valence-electron chi connectivity index (χ2n) is 5.17. The van der Waals surface area contributed by atoms with Crippen molar-refractivity contribution in [3.05, 3.63) is 29.6 Å². The van der Waals surface area contributed by atoms with E-state index in [1.807, 2.05) is 19.1 Å². The van der Waals surface area contributed by atoms with Gasteiger partial charge in [-0.15, -0.1) is 0 Å². The van der Waals surface area contributed by atoms with Crippen molar-refractivity contribution in [2.24, 2.45) is 5.92 Å². The summed E-state index contributed by atoms with van der Waals surface area (Å²) < 4.78 is 5.43. The van der Waals surface area contributed by atoms with Crippen LogP contribution in [0.25, 0.3) is 0 Å². The fourth-order valence-electron chi connectivity index (χ4n) is 2.37. The van der Waals surface area contributed by atoms with Crippen molar-refractivity contribution in [1.82, 2.24) is 10.3 Å². The van der Waals surface area contributed by atoms with E-state index >= 15 is 0 Å². The van der Waals surface area contributed by atoms with E-state index in [4.69, 9.17) is 4.74 Å². The maximum atomic E-state index is 11.8. The second-order valence-corrected chi connectivity index (χ2v) is 5.17. The largest absolute Gasteiger partial charge is 0.381 e. The van der Waals surface area contributed by atoms with Crippen LogP contribution in [-0.2, 0) is 16.0 Å². The third kappa shape index (κ3) is 4.63. The molecule has 2 rings (SSSR count). The van der Waals surface area contributed by atoms with E-state index in [0.717, 1.165) is 43.9 Å². The number of ether oxygens (including phenoxy) is 1. The van der Waals surface area contributed by atoms with Crippen molar-refractivity contribution in [1.29, 1.82) is 0 Å². The fourth-order valence-corrected chi connectivity index (χ4v) is 2.37. The minimum absolute atomic E-state index is 0.0542. The van der Waals surface area contributed by atoms with Crippen LogP contribution in [0.1, 0.15) is 30.5 Å². The third-order valence-electron chi connectivity index (χ3n) is 3.58. The lowest BCUT2D eigenvalue weighted by Gasteiger charge is -2.21. The van der Waals surface area contributed by atoms with E-state index in [-0.39, 0.29) is 5.91 Å². The zero-order valence-corrected chi connectivity index (χ0v) is 11.5. The number of aryl methyl sites for hydroxylation is 1. The van der Waals surface area contributed by atoms with Gasteiger partial charge in [-0.3, -0.25) is 9.78 Å². The topological polar surface area (TPSA) is 51.2 Å². The van der Waals surface area contributed by atoms with Gasteiger partial charge in [0.2, 0.25) is 5.91 Å². The molecule has 4 nitrogen and oxygen atoms in total. The van der Waals surface area contributed by atoms with E-state index in [1.54, 1.807) is 6.20 Å². The van der Waals surface area contributed by atoms with Gasteiger partial charge in [0.25, 0.3) is 0 Å². The maximum Gasteiger partial charge on any atom is 0.226 e. The number of pyridine rings is 1. The minimum atomic E-state index is 0.0542. The third-order valence-corrected chi connectivity index (χ3v) is 3.58. The molecule has 0 spiro atoms. The number of carbonyl (C=O) groups is 1. The Morgan fingerprint density at radius 2 is 2.47 bits per heavy atom. The predicted molar refractivity (Wildman–Crippen MR) is 73.8 cm³/mol. The van der Waals surface area contributed by atoms with Gasteiger partial charge >= 0.3 is 0 Å². The van der Waals surface area contributed by atoms with Crippen LogP contribution in [0.5, 0.6) is 0 Å². The molecular formula is C15H22N2O2. The molecular weight excluding hydrogens is 240 g/mol. The highest BCUT2D eigenvalue weighted by Crippen LogP contribution is 2.16. The number of carbonyl (C=O) groups excluding carboxylic acids is 1. The minimum Gasteiger partial charge on any atom is -0.381 e. The molecule has 4 heteroatoms. The monoisotopic (exact) mass is 262 g/mol. The highest BCUT2D eigenvalue weighted by Gasteiger charge is 2.14. The highest BCUT2D eigenvalue weighted by molar-refractivity contribution is 5.78. The molecule has 1 aromatic rings. The second kappa shape index (κ2) is 7.24. The van der Waals surface area contributed by atoms with Crippen LogP contribution in [0.15, 0.2) is 18.3 Å². The molecule has 0 saturated carbocycles. The molecule has 1 amide bonds. The molecule has 1 atom stereocenters. The number of amides is 1. The lowest BCUT2D eigenvalue weighted by atomic mass is 9.99. The van der Waals surface area contributed by atoms with E-state index in [1.165, 1.54) is 6.42 Å². The van der Waals surface area contributed by atoms with Crippen LogP contribution in [0.3, 0.4) is 0 Å². The number of nitrogens with zero attached hydrogens (tertiary/aromatic N) is 1. The van der Waals surface area contributed by atoms with Crippen LogP contribution in [0, 0.1) is 12.8 Å². The Balaban J connectivity index is 1.68. The lowest BCUT2D eigenvalue weighted by molar-refractivity contribution is -0.120. The molecule has 0 unspecified atom stereocenters. The molecule has 1 aliphatic rings. The Kier molecular flexibility index (Phi) is 5.33. The SMILES string of the molecule is Cc1cccnc1CC(=O)NCC[C@H]1CCCOC1. The molecule has 2 heterocycles. The molecule has 1 aromatic heterocycles. The lowest BCUT2D eigenvalue weighted by Crippen LogP contribution is -2.29. The molecule has 1 fully saturated rings. The Morgan fingerprint density at radius 3 is 3.21 bits per heavy atom. The standard InChI is InChI=1S/C15H22N2O2/c1-12-4-2-7-16-14(12)10-15(18)17-8-6-13-5-3-9-19-11-13/h2,4,7,13H,3,5-6,8-11H2,1H3,(H,17,18)/t13-/m1/s1. The van der Waals surface area contributed by atoms with E-state index in [0.29, 0.717) is 12.3 Å². The van der Waals surface area contributed by atoms with Crippen molar-refractivity contribution >= 4 is 5.91 Å². The van der Waals surface area contributed by atoms with Gasteiger partial charge in [-0.05, 0) is 43.7 Å². The van der Waals surface area contributed by atoms with Gasteiger partial charge in [0.15, 0.2) is 0 Å². The number of hydrogen-bond donors (Lipinski definition) is 1. The van der Waals surface area contributed by atoms with Gasteiger partial charge in [0.05, 0.1) is 12.1 Å². The quantitative estimate of drug-likeness (QED) is 0.881. The number of hydrogen-bond acceptors (Lipinski definition) is 3. The van der Waals surface area contributed by atoms with Crippen LogP contribution in [0.2, 0.25) is 0 Å². The van der Waals surface area contributed by atoms with Crippen LogP contribution in [0.4, 0.5) is 0 Å². The molecule has 0 aromatic carbocycles. The summed E-state index contributed by atoms with van der Waals surface area (Å²) in [6.45, 7) is 4.45. The van der Waals surface area contributed by atoms with E-state index < -0.39 is 0 Å². The summed E-state index contributed by atoms with van der Waals surface area (Å²) >= 11 is 0. The van der Waals surface area contributed by atoms with Crippen LogP contribution >= 0.6 is 0 Å². The van der Waals surface area contributed by atoms with Crippen molar-refractivity contribution in [2.45, 2.75) is 32.6 Å². The summed E-state index contributed by atoms with van der Waals surface area (Å²) in [7, 11) is 0. The molecule has 19 heavy (non-hydrogen) atoms. The van der Waals surface area contributed by atoms with Crippen LogP contribution < -0.4 is 5.32 Å². The van der Waals surface area contributed by atoms with Crippen molar-refractivity contribution in [3.8, 4) is 0 Å². The summed E-state index contributed by atoms with van der Waals surface area (Å²) in [5.74, 6) is 0.657. The van der Waals surface area contributed by atoms with Crippen LogP contribution in [-0.4, -0.2) is 30.6 Å². The Bertz CT molecular complexity index is 414. The summed E-state index contributed by atoms with van der Waals surface area (Å²) in [6, 6.07) is 3.87. The number of aromatic nitrogens is 1. The van der Waals surface area contributed by atoms with Gasteiger partial charge in [-0.1, -0.05) is 6.07 Å². The number of nitrogens with one attached hydrogen (secondary N) is 1. The summed E-state index contributed by atoms with van der Waals surface area (Å²) in [5, 5.41) is 2.97. The molecule has 1 aliphatic heterocycles. The normalized spacial score (nSPS) is 19.1. The first-order valence-corrected chi connectivity index (χ1v) is 7.00. The summed E-state index contributed by atoms with van der Waals surface area (Å²) in [4.78, 5) is 16.1.